The van der Waals surface area contributed by atoms with E-state index in [4.69, 9.17) is 9.47 Å². The van der Waals surface area contributed by atoms with E-state index in [2.05, 4.69) is 55.8 Å². The van der Waals surface area contributed by atoms with Crippen LogP contribution in [0, 0.1) is 0 Å². The van der Waals surface area contributed by atoms with Gasteiger partial charge in [0, 0.05) is 50.3 Å². The molecule has 1 aliphatic heterocycles. The zero-order chi connectivity index (χ0) is 16.5. The van der Waals surface area contributed by atoms with Crippen LogP contribution in [-0.4, -0.2) is 53.0 Å². The third-order valence-corrected chi connectivity index (χ3v) is 4.85. The Bertz CT molecular complexity index is 499. The summed E-state index contributed by atoms with van der Waals surface area (Å²) in [5.41, 5.74) is 1.43. The van der Waals surface area contributed by atoms with Crippen molar-refractivity contribution in [1.82, 2.24) is 10.6 Å². The van der Waals surface area contributed by atoms with E-state index in [1.165, 1.54) is 5.56 Å². The molecule has 2 N–H and O–H groups in total. The summed E-state index contributed by atoms with van der Waals surface area (Å²) in [4.78, 5) is 4.28. The summed E-state index contributed by atoms with van der Waals surface area (Å²) in [6, 6.07) is 8.63. The number of guanidine groups is 1. The van der Waals surface area contributed by atoms with E-state index < -0.39 is 0 Å². The van der Waals surface area contributed by atoms with Gasteiger partial charge < -0.3 is 20.1 Å². The third kappa shape index (κ3) is 5.19. The van der Waals surface area contributed by atoms with Gasteiger partial charge in [0.2, 0.25) is 0 Å². The largest absolute Gasteiger partial charge is 0.383 e. The van der Waals surface area contributed by atoms with Crippen LogP contribution in [0.25, 0.3) is 0 Å². The molecule has 2 rings (SSSR count). The van der Waals surface area contributed by atoms with Crippen molar-refractivity contribution in [2.24, 2.45) is 4.99 Å². The second kappa shape index (κ2) is 9.25. The molecule has 0 saturated carbocycles. The van der Waals surface area contributed by atoms with Crippen molar-refractivity contribution < 1.29 is 9.47 Å². The molecule has 0 atom stereocenters. The van der Waals surface area contributed by atoms with E-state index in [1.54, 1.807) is 14.2 Å². The molecule has 6 heteroatoms. The van der Waals surface area contributed by atoms with Gasteiger partial charge in [0.05, 0.1) is 6.61 Å². The topological polar surface area (TPSA) is 54.9 Å². The van der Waals surface area contributed by atoms with Gasteiger partial charge in [-0.2, -0.15) is 0 Å². The Morgan fingerprint density at radius 3 is 2.57 bits per heavy atom. The standard InChI is InChI=1S/C17H26BrN3O2/c1-19-16(20-9-12-22-2)21-13-17(7-10-23-11-8-17)14-3-5-15(18)6-4-14/h3-6H,7-13H2,1-2H3,(H2,19,20,21). The molecule has 1 fully saturated rings. The number of methoxy groups -OCH3 is 1. The molecule has 1 aromatic rings. The molecule has 23 heavy (non-hydrogen) atoms. The SMILES string of the molecule is CN=C(NCCOC)NCC1(c2ccc(Br)cc2)CCOCC1. The van der Waals surface area contributed by atoms with Crippen LogP contribution < -0.4 is 10.6 Å². The van der Waals surface area contributed by atoms with Crippen molar-refractivity contribution in [1.29, 1.82) is 0 Å². The van der Waals surface area contributed by atoms with Crippen LogP contribution in [0.1, 0.15) is 18.4 Å². The molecule has 1 aliphatic rings. The lowest BCUT2D eigenvalue weighted by atomic mass is 9.74. The first kappa shape index (κ1) is 18.2. The van der Waals surface area contributed by atoms with Gasteiger partial charge in [-0.15, -0.1) is 0 Å². The van der Waals surface area contributed by atoms with Crippen LogP contribution >= 0.6 is 15.9 Å². The zero-order valence-corrected chi connectivity index (χ0v) is 15.5. The molecule has 0 aliphatic carbocycles. The van der Waals surface area contributed by atoms with Crippen LogP contribution in [-0.2, 0) is 14.9 Å². The number of aliphatic imine (C=N–C) groups is 1. The summed E-state index contributed by atoms with van der Waals surface area (Å²) in [7, 11) is 3.49. The van der Waals surface area contributed by atoms with E-state index >= 15 is 0 Å². The van der Waals surface area contributed by atoms with Crippen molar-refractivity contribution in [2.45, 2.75) is 18.3 Å². The lowest BCUT2D eigenvalue weighted by molar-refractivity contribution is 0.0513. The predicted molar refractivity (Wildman–Crippen MR) is 97.1 cm³/mol. The second-order valence-electron chi connectivity index (χ2n) is 5.74. The fourth-order valence-corrected chi connectivity index (χ4v) is 3.14. The van der Waals surface area contributed by atoms with Crippen molar-refractivity contribution in [3.8, 4) is 0 Å². The number of ether oxygens (including phenoxy) is 2. The van der Waals surface area contributed by atoms with Gasteiger partial charge in [-0.1, -0.05) is 28.1 Å². The second-order valence-corrected chi connectivity index (χ2v) is 6.66. The van der Waals surface area contributed by atoms with Gasteiger partial charge in [-0.3, -0.25) is 4.99 Å². The molecule has 0 radical (unpaired) electrons. The highest BCUT2D eigenvalue weighted by Gasteiger charge is 2.34. The first-order chi connectivity index (χ1) is 11.2. The highest BCUT2D eigenvalue weighted by molar-refractivity contribution is 9.10. The molecule has 128 valence electrons. The van der Waals surface area contributed by atoms with Gasteiger partial charge in [0.25, 0.3) is 0 Å². The summed E-state index contributed by atoms with van der Waals surface area (Å²) in [5.74, 6) is 0.810. The summed E-state index contributed by atoms with van der Waals surface area (Å²) >= 11 is 3.51. The summed E-state index contributed by atoms with van der Waals surface area (Å²) in [5, 5.41) is 6.73. The highest BCUT2D eigenvalue weighted by atomic mass is 79.9. The molecule has 0 unspecified atom stereocenters. The quantitative estimate of drug-likeness (QED) is 0.449. The average molecular weight is 384 g/mol. The van der Waals surface area contributed by atoms with Crippen molar-refractivity contribution in [3.05, 3.63) is 34.3 Å². The number of nitrogens with one attached hydrogen (secondary N) is 2. The molecular weight excluding hydrogens is 358 g/mol. The first-order valence-electron chi connectivity index (χ1n) is 7.97. The smallest absolute Gasteiger partial charge is 0.191 e. The first-order valence-corrected chi connectivity index (χ1v) is 8.77. The summed E-state index contributed by atoms with van der Waals surface area (Å²) in [6.07, 6.45) is 2.02. The Kier molecular flexibility index (Phi) is 7.33. The average Bonchev–Trinajstić information content (AvgIpc) is 2.59. The number of hydrogen-bond acceptors (Lipinski definition) is 3. The fourth-order valence-electron chi connectivity index (χ4n) is 2.88. The molecule has 0 spiro atoms. The molecule has 0 aromatic heterocycles. The molecular formula is C17H26BrN3O2. The van der Waals surface area contributed by atoms with Gasteiger partial charge in [0.1, 0.15) is 0 Å². The zero-order valence-electron chi connectivity index (χ0n) is 13.9. The number of hydrogen-bond donors (Lipinski definition) is 2. The van der Waals surface area contributed by atoms with Gasteiger partial charge in [0.15, 0.2) is 5.96 Å². The Labute approximate surface area is 147 Å². The maximum absolute atomic E-state index is 5.58. The Morgan fingerprint density at radius 2 is 1.96 bits per heavy atom. The molecule has 5 nitrogen and oxygen atoms in total. The monoisotopic (exact) mass is 383 g/mol. The minimum absolute atomic E-state index is 0.0812. The normalized spacial score (nSPS) is 17.8. The van der Waals surface area contributed by atoms with Crippen molar-refractivity contribution in [3.63, 3.8) is 0 Å². The predicted octanol–water partition coefficient (Wildman–Crippen LogP) is 2.31. The van der Waals surface area contributed by atoms with Gasteiger partial charge >= 0.3 is 0 Å². The van der Waals surface area contributed by atoms with E-state index in [9.17, 15) is 0 Å². The molecule has 0 bridgehead atoms. The van der Waals surface area contributed by atoms with Crippen LogP contribution in [0.4, 0.5) is 0 Å². The highest BCUT2D eigenvalue weighted by Crippen LogP contribution is 2.34. The number of benzene rings is 1. The lowest BCUT2D eigenvalue weighted by Crippen LogP contribution is -2.48. The van der Waals surface area contributed by atoms with Crippen molar-refractivity contribution >= 4 is 21.9 Å². The Balaban J connectivity index is 2.05. The van der Waals surface area contributed by atoms with E-state index in [0.717, 1.165) is 49.6 Å². The molecule has 1 saturated heterocycles. The Hall–Kier alpha value is -1.11. The van der Waals surface area contributed by atoms with Gasteiger partial charge in [-0.25, -0.2) is 0 Å². The minimum atomic E-state index is 0.0812. The number of rotatable bonds is 6. The summed E-state index contributed by atoms with van der Waals surface area (Å²) in [6.45, 7) is 3.84. The molecule has 0 amide bonds. The maximum Gasteiger partial charge on any atom is 0.191 e. The van der Waals surface area contributed by atoms with E-state index in [0.29, 0.717) is 6.61 Å². The Morgan fingerprint density at radius 1 is 1.26 bits per heavy atom. The van der Waals surface area contributed by atoms with Crippen LogP contribution in [0.3, 0.4) is 0 Å². The van der Waals surface area contributed by atoms with Crippen LogP contribution in [0.2, 0.25) is 0 Å². The maximum atomic E-state index is 5.58. The number of nitrogens with zero attached hydrogens (tertiary/aromatic N) is 1. The van der Waals surface area contributed by atoms with Crippen LogP contribution in [0.5, 0.6) is 0 Å². The lowest BCUT2D eigenvalue weighted by Gasteiger charge is -2.38. The minimum Gasteiger partial charge on any atom is -0.383 e. The van der Waals surface area contributed by atoms with Gasteiger partial charge in [-0.05, 0) is 30.5 Å². The van der Waals surface area contributed by atoms with E-state index in [-0.39, 0.29) is 5.41 Å². The fraction of sp³-hybridized carbons (Fsp3) is 0.588. The molecule has 1 heterocycles. The third-order valence-electron chi connectivity index (χ3n) is 4.32. The van der Waals surface area contributed by atoms with Crippen molar-refractivity contribution in [2.75, 3.05) is 47.1 Å². The summed E-state index contributed by atoms with van der Waals surface area (Å²) < 4.78 is 11.8. The number of halogens is 1. The molecule has 1 aromatic carbocycles. The van der Waals surface area contributed by atoms with E-state index in [1.807, 2.05) is 0 Å². The van der Waals surface area contributed by atoms with Crippen LogP contribution in [0.15, 0.2) is 33.7 Å².